The molecule has 2 aromatic carbocycles. The molecule has 0 atom stereocenters. The molecular formula is C14H9BrClFO. The first-order valence-corrected chi connectivity index (χ1v) is 6.42. The number of carbonyl (C=O) groups excluding carboxylic acids is 1. The molecule has 0 aliphatic rings. The van der Waals surface area contributed by atoms with E-state index in [0.29, 0.717) is 26.2 Å². The van der Waals surface area contributed by atoms with E-state index in [-0.39, 0.29) is 11.6 Å². The van der Waals surface area contributed by atoms with Gasteiger partial charge in [-0.3, -0.25) is 4.79 Å². The fraction of sp³-hybridized carbons (Fsp3) is 0.0714. The molecule has 0 aromatic heterocycles. The smallest absolute Gasteiger partial charge is 0.194 e. The number of rotatable bonds is 2. The van der Waals surface area contributed by atoms with Crippen LogP contribution in [0.15, 0.2) is 40.9 Å². The van der Waals surface area contributed by atoms with Crippen LogP contribution in [-0.2, 0) is 0 Å². The normalized spacial score (nSPS) is 10.4. The van der Waals surface area contributed by atoms with Crippen molar-refractivity contribution in [2.45, 2.75) is 6.92 Å². The van der Waals surface area contributed by atoms with Gasteiger partial charge in [-0.1, -0.05) is 11.6 Å². The number of aryl methyl sites for hydroxylation is 1. The summed E-state index contributed by atoms with van der Waals surface area (Å²) in [5, 5.41) is 0.550. The van der Waals surface area contributed by atoms with Gasteiger partial charge in [-0.2, -0.15) is 0 Å². The summed E-state index contributed by atoms with van der Waals surface area (Å²) in [5.74, 6) is -0.483. The Bertz CT molecular complexity index is 625. The SMILES string of the molecule is Cc1cc(C(=O)c2ccc(Cl)cc2Br)ccc1F. The molecule has 0 bridgehead atoms. The average Bonchev–Trinajstić information content (AvgIpc) is 2.32. The van der Waals surface area contributed by atoms with Gasteiger partial charge in [0.25, 0.3) is 0 Å². The molecule has 18 heavy (non-hydrogen) atoms. The van der Waals surface area contributed by atoms with Crippen LogP contribution in [0.25, 0.3) is 0 Å². The molecule has 0 radical (unpaired) electrons. The van der Waals surface area contributed by atoms with Gasteiger partial charge in [0.05, 0.1) is 0 Å². The van der Waals surface area contributed by atoms with Crippen LogP contribution in [0.2, 0.25) is 5.02 Å². The van der Waals surface area contributed by atoms with Crippen LogP contribution in [-0.4, -0.2) is 5.78 Å². The molecule has 0 saturated heterocycles. The Morgan fingerprint density at radius 1 is 1.22 bits per heavy atom. The molecule has 0 aliphatic carbocycles. The Balaban J connectivity index is 2.44. The minimum Gasteiger partial charge on any atom is -0.289 e. The van der Waals surface area contributed by atoms with Crippen LogP contribution >= 0.6 is 27.5 Å². The summed E-state index contributed by atoms with van der Waals surface area (Å²) in [7, 11) is 0. The third-order valence-electron chi connectivity index (χ3n) is 2.60. The van der Waals surface area contributed by atoms with Gasteiger partial charge >= 0.3 is 0 Å². The molecule has 0 unspecified atom stereocenters. The van der Waals surface area contributed by atoms with Crippen molar-refractivity contribution >= 4 is 33.3 Å². The standard InChI is InChI=1S/C14H9BrClFO/c1-8-6-9(2-5-13(8)17)14(18)11-4-3-10(16)7-12(11)15/h2-7H,1H3. The lowest BCUT2D eigenvalue weighted by Crippen LogP contribution is -2.03. The highest BCUT2D eigenvalue weighted by atomic mass is 79.9. The summed E-state index contributed by atoms with van der Waals surface area (Å²) < 4.78 is 13.8. The van der Waals surface area contributed by atoms with Crippen molar-refractivity contribution in [1.82, 2.24) is 0 Å². The highest BCUT2D eigenvalue weighted by Crippen LogP contribution is 2.24. The maximum atomic E-state index is 13.2. The molecule has 2 rings (SSSR count). The summed E-state index contributed by atoms with van der Waals surface area (Å²) >= 11 is 9.12. The molecule has 92 valence electrons. The Hall–Kier alpha value is -1.19. The molecule has 4 heteroatoms. The molecule has 1 nitrogen and oxygen atoms in total. The summed E-state index contributed by atoms with van der Waals surface area (Å²) in [4.78, 5) is 12.2. The van der Waals surface area contributed by atoms with E-state index >= 15 is 0 Å². The van der Waals surface area contributed by atoms with Crippen LogP contribution in [0.5, 0.6) is 0 Å². The molecule has 2 aromatic rings. The van der Waals surface area contributed by atoms with Crippen molar-refractivity contribution in [2.24, 2.45) is 0 Å². The topological polar surface area (TPSA) is 17.1 Å². The summed E-state index contributed by atoms with van der Waals surface area (Å²) in [6.45, 7) is 1.63. The van der Waals surface area contributed by atoms with Crippen molar-refractivity contribution in [1.29, 1.82) is 0 Å². The first-order valence-electron chi connectivity index (χ1n) is 5.25. The molecule has 0 amide bonds. The molecule has 0 heterocycles. The first kappa shape index (κ1) is 13.2. The number of hydrogen-bond acceptors (Lipinski definition) is 1. The minimum absolute atomic E-state index is 0.165. The van der Waals surface area contributed by atoms with E-state index < -0.39 is 0 Å². The lowest BCUT2D eigenvalue weighted by molar-refractivity contribution is 0.103. The van der Waals surface area contributed by atoms with E-state index in [4.69, 9.17) is 11.6 Å². The molecule has 0 saturated carbocycles. The zero-order valence-electron chi connectivity index (χ0n) is 9.51. The second-order valence-electron chi connectivity index (χ2n) is 3.92. The monoisotopic (exact) mass is 326 g/mol. The lowest BCUT2D eigenvalue weighted by Gasteiger charge is -2.05. The van der Waals surface area contributed by atoms with Crippen LogP contribution < -0.4 is 0 Å². The highest BCUT2D eigenvalue weighted by Gasteiger charge is 2.13. The lowest BCUT2D eigenvalue weighted by atomic mass is 10.0. The molecule has 0 aliphatic heterocycles. The van der Waals surface area contributed by atoms with Crippen molar-refractivity contribution in [3.8, 4) is 0 Å². The van der Waals surface area contributed by atoms with E-state index in [2.05, 4.69) is 15.9 Å². The fourth-order valence-electron chi connectivity index (χ4n) is 1.62. The third-order valence-corrected chi connectivity index (χ3v) is 3.49. The van der Waals surface area contributed by atoms with Crippen LogP contribution in [0.1, 0.15) is 21.5 Å². The fourth-order valence-corrected chi connectivity index (χ4v) is 2.48. The average molecular weight is 328 g/mol. The Morgan fingerprint density at radius 3 is 2.56 bits per heavy atom. The Kier molecular flexibility index (Phi) is 3.83. The summed E-state index contributed by atoms with van der Waals surface area (Å²) in [6, 6.07) is 9.27. The van der Waals surface area contributed by atoms with Gasteiger partial charge in [-0.05, 0) is 64.8 Å². The van der Waals surface area contributed by atoms with Gasteiger partial charge in [0.2, 0.25) is 0 Å². The third kappa shape index (κ3) is 2.62. The highest BCUT2D eigenvalue weighted by molar-refractivity contribution is 9.10. The van der Waals surface area contributed by atoms with Crippen molar-refractivity contribution in [3.05, 3.63) is 68.4 Å². The number of ketones is 1. The zero-order chi connectivity index (χ0) is 13.3. The van der Waals surface area contributed by atoms with E-state index in [1.165, 1.54) is 12.1 Å². The van der Waals surface area contributed by atoms with E-state index in [1.54, 1.807) is 31.2 Å². The van der Waals surface area contributed by atoms with E-state index in [1.807, 2.05) is 0 Å². The Labute approximate surface area is 118 Å². The second-order valence-corrected chi connectivity index (χ2v) is 5.21. The number of halogens is 3. The maximum Gasteiger partial charge on any atom is 0.194 e. The number of benzene rings is 2. The van der Waals surface area contributed by atoms with Gasteiger partial charge in [0.1, 0.15) is 5.82 Å². The van der Waals surface area contributed by atoms with Crippen molar-refractivity contribution < 1.29 is 9.18 Å². The molecule has 0 N–H and O–H groups in total. The first-order chi connectivity index (χ1) is 8.49. The number of carbonyl (C=O) groups is 1. The van der Waals surface area contributed by atoms with Crippen LogP contribution in [0.3, 0.4) is 0 Å². The largest absolute Gasteiger partial charge is 0.289 e. The maximum absolute atomic E-state index is 13.2. The van der Waals surface area contributed by atoms with Crippen molar-refractivity contribution in [3.63, 3.8) is 0 Å². The van der Waals surface area contributed by atoms with E-state index in [0.717, 1.165) is 0 Å². The van der Waals surface area contributed by atoms with E-state index in [9.17, 15) is 9.18 Å². The van der Waals surface area contributed by atoms with Crippen LogP contribution in [0.4, 0.5) is 4.39 Å². The molecule has 0 spiro atoms. The zero-order valence-corrected chi connectivity index (χ0v) is 11.8. The molecular weight excluding hydrogens is 319 g/mol. The van der Waals surface area contributed by atoms with Crippen LogP contribution in [0, 0.1) is 12.7 Å². The van der Waals surface area contributed by atoms with Gasteiger partial charge in [-0.25, -0.2) is 4.39 Å². The Morgan fingerprint density at radius 2 is 1.94 bits per heavy atom. The quantitative estimate of drug-likeness (QED) is 0.725. The van der Waals surface area contributed by atoms with Gasteiger partial charge in [-0.15, -0.1) is 0 Å². The van der Waals surface area contributed by atoms with Gasteiger partial charge < -0.3 is 0 Å². The second kappa shape index (κ2) is 5.21. The number of hydrogen-bond donors (Lipinski definition) is 0. The van der Waals surface area contributed by atoms with Gasteiger partial charge in [0, 0.05) is 20.6 Å². The summed E-state index contributed by atoms with van der Waals surface area (Å²) in [6.07, 6.45) is 0. The minimum atomic E-state index is -0.318. The predicted molar refractivity (Wildman–Crippen MR) is 73.7 cm³/mol. The van der Waals surface area contributed by atoms with Crippen molar-refractivity contribution in [2.75, 3.05) is 0 Å². The molecule has 0 fully saturated rings. The summed E-state index contributed by atoms with van der Waals surface area (Å²) in [5.41, 5.74) is 1.41. The van der Waals surface area contributed by atoms with Gasteiger partial charge in [0.15, 0.2) is 5.78 Å². The predicted octanol–water partition coefficient (Wildman–Crippen LogP) is 4.78.